The second-order valence-corrected chi connectivity index (χ2v) is 5.55. The number of aryl methyl sites for hydroxylation is 1. The van der Waals surface area contributed by atoms with E-state index in [1.165, 1.54) is 4.90 Å². The third-order valence-corrected chi connectivity index (χ3v) is 4.19. The van der Waals surface area contributed by atoms with Crippen LogP contribution in [0.1, 0.15) is 11.5 Å². The van der Waals surface area contributed by atoms with Crippen LogP contribution in [0.4, 0.5) is 0 Å². The average Bonchev–Trinajstić information content (AvgIpc) is 2.82. The smallest absolute Gasteiger partial charge is 0.205 e. The molecule has 0 aliphatic carbocycles. The number of thioether (sulfide) groups is 1. The molecule has 3 rings (SSSR count). The van der Waals surface area contributed by atoms with Gasteiger partial charge in [0.05, 0.1) is 10.8 Å². The molecule has 0 atom stereocenters. The molecule has 0 N–H and O–H groups in total. The van der Waals surface area contributed by atoms with E-state index in [0.29, 0.717) is 22.2 Å². The molecule has 0 unspecified atom stereocenters. The highest BCUT2D eigenvalue weighted by atomic mass is 35.5. The summed E-state index contributed by atoms with van der Waals surface area (Å²) in [5.74, 6) is 1.36. The van der Waals surface area contributed by atoms with Crippen LogP contribution in [0.2, 0.25) is 5.02 Å². The quantitative estimate of drug-likeness (QED) is 0.667. The monoisotopic (exact) mass is 290 g/mol. The maximum atomic E-state index is 6.06. The molecule has 0 spiro atoms. The van der Waals surface area contributed by atoms with Crippen molar-refractivity contribution in [1.82, 2.24) is 9.97 Å². The van der Waals surface area contributed by atoms with E-state index < -0.39 is 0 Å². The van der Waals surface area contributed by atoms with Crippen molar-refractivity contribution in [2.24, 2.45) is 0 Å². The van der Waals surface area contributed by atoms with E-state index in [9.17, 15) is 0 Å². The minimum Gasteiger partial charge on any atom is -0.438 e. The highest BCUT2D eigenvalue weighted by Gasteiger charge is 2.09. The Kier molecular flexibility index (Phi) is 3.44. The lowest BCUT2D eigenvalue weighted by Crippen LogP contribution is -1.84. The molecule has 96 valence electrons. The van der Waals surface area contributed by atoms with E-state index in [0.717, 1.165) is 11.1 Å². The van der Waals surface area contributed by atoms with Gasteiger partial charge in [-0.1, -0.05) is 17.7 Å². The van der Waals surface area contributed by atoms with Gasteiger partial charge in [-0.05, 0) is 30.7 Å². The van der Waals surface area contributed by atoms with Crippen molar-refractivity contribution in [3.05, 3.63) is 53.1 Å². The van der Waals surface area contributed by atoms with Crippen LogP contribution in [-0.4, -0.2) is 9.97 Å². The number of aromatic nitrogens is 2. The minimum atomic E-state index is 0.598. The van der Waals surface area contributed by atoms with E-state index in [-0.39, 0.29) is 0 Å². The first-order valence-electron chi connectivity index (χ1n) is 5.81. The van der Waals surface area contributed by atoms with Crippen molar-refractivity contribution in [2.45, 2.75) is 17.6 Å². The molecule has 3 aromatic rings. The molecule has 0 aliphatic heterocycles. The van der Waals surface area contributed by atoms with Crippen LogP contribution in [0.5, 0.6) is 0 Å². The topological polar surface area (TPSA) is 38.9 Å². The first-order chi connectivity index (χ1) is 9.24. The molecule has 3 nitrogen and oxygen atoms in total. The zero-order valence-electron chi connectivity index (χ0n) is 10.3. The van der Waals surface area contributed by atoms with Crippen molar-refractivity contribution in [2.75, 3.05) is 0 Å². The zero-order valence-corrected chi connectivity index (χ0v) is 11.8. The number of halogens is 1. The Hall–Kier alpha value is -1.52. The van der Waals surface area contributed by atoms with Crippen LogP contribution in [-0.2, 0) is 5.75 Å². The summed E-state index contributed by atoms with van der Waals surface area (Å²) in [6, 6.07) is 7.57. The molecule has 2 heterocycles. The van der Waals surface area contributed by atoms with Crippen LogP contribution < -0.4 is 0 Å². The van der Waals surface area contributed by atoms with Crippen molar-refractivity contribution >= 4 is 34.5 Å². The van der Waals surface area contributed by atoms with Crippen molar-refractivity contribution in [3.63, 3.8) is 0 Å². The Balaban J connectivity index is 1.83. The molecule has 1 aromatic carbocycles. The molecular formula is C14H11ClN2OS. The molecule has 0 amide bonds. The lowest BCUT2D eigenvalue weighted by atomic mass is 10.3. The fourth-order valence-corrected chi connectivity index (χ4v) is 2.83. The molecule has 0 saturated heterocycles. The summed E-state index contributed by atoms with van der Waals surface area (Å²) >= 11 is 7.75. The number of para-hydroxylation sites is 1. The maximum Gasteiger partial charge on any atom is 0.205 e. The lowest BCUT2D eigenvalue weighted by molar-refractivity contribution is 0.556. The molecule has 5 heteroatoms. The molecule has 0 fully saturated rings. The summed E-state index contributed by atoms with van der Waals surface area (Å²) in [4.78, 5) is 9.69. The Labute approximate surface area is 120 Å². The number of oxazole rings is 1. The zero-order chi connectivity index (χ0) is 13.2. The van der Waals surface area contributed by atoms with Crippen LogP contribution >= 0.6 is 23.4 Å². The Morgan fingerprint density at radius 2 is 2.21 bits per heavy atom. The molecule has 0 bridgehead atoms. The van der Waals surface area contributed by atoms with Gasteiger partial charge in [-0.25, -0.2) is 4.98 Å². The van der Waals surface area contributed by atoms with Gasteiger partial charge in [-0.3, -0.25) is 4.98 Å². The Morgan fingerprint density at radius 1 is 1.32 bits per heavy atom. The number of benzene rings is 1. The minimum absolute atomic E-state index is 0.598. The van der Waals surface area contributed by atoms with Gasteiger partial charge in [0.1, 0.15) is 5.52 Å². The maximum absolute atomic E-state index is 6.06. The number of rotatable bonds is 3. The van der Waals surface area contributed by atoms with Crippen molar-refractivity contribution in [1.29, 1.82) is 0 Å². The van der Waals surface area contributed by atoms with E-state index in [1.54, 1.807) is 24.0 Å². The van der Waals surface area contributed by atoms with Crippen molar-refractivity contribution in [3.8, 4) is 0 Å². The first-order valence-corrected chi connectivity index (χ1v) is 7.18. The van der Waals surface area contributed by atoms with Crippen LogP contribution in [0, 0.1) is 6.92 Å². The highest BCUT2D eigenvalue weighted by Crippen LogP contribution is 2.29. The van der Waals surface area contributed by atoms with Crippen LogP contribution in [0.3, 0.4) is 0 Å². The molecule has 0 radical (unpaired) electrons. The van der Waals surface area contributed by atoms with Gasteiger partial charge < -0.3 is 4.42 Å². The van der Waals surface area contributed by atoms with Gasteiger partial charge in [-0.15, -0.1) is 11.8 Å². The van der Waals surface area contributed by atoms with Crippen LogP contribution in [0.15, 0.2) is 46.0 Å². The Morgan fingerprint density at radius 3 is 3.00 bits per heavy atom. The summed E-state index contributed by atoms with van der Waals surface area (Å²) in [5.41, 5.74) is 2.61. The summed E-state index contributed by atoms with van der Waals surface area (Å²) in [6.45, 7) is 2.04. The van der Waals surface area contributed by atoms with Gasteiger partial charge in [0, 0.05) is 17.3 Å². The lowest BCUT2D eigenvalue weighted by Gasteiger charge is -2.01. The standard InChI is InChI=1S/C14H11ClN2OS/c1-9-7-16-6-5-12(9)19-8-13-17-11-4-2-3-10(15)14(11)18-13/h2-7H,8H2,1H3. The van der Waals surface area contributed by atoms with Gasteiger partial charge >= 0.3 is 0 Å². The second-order valence-electron chi connectivity index (χ2n) is 4.13. The van der Waals surface area contributed by atoms with Gasteiger partial charge in [0.25, 0.3) is 0 Å². The van der Waals surface area contributed by atoms with E-state index in [4.69, 9.17) is 16.0 Å². The van der Waals surface area contributed by atoms with E-state index in [1.807, 2.05) is 31.3 Å². The largest absolute Gasteiger partial charge is 0.438 e. The second kappa shape index (κ2) is 5.23. The number of hydrogen-bond acceptors (Lipinski definition) is 4. The Bertz CT molecular complexity index is 726. The normalized spacial score (nSPS) is 11.1. The third kappa shape index (κ3) is 2.60. The van der Waals surface area contributed by atoms with E-state index >= 15 is 0 Å². The van der Waals surface area contributed by atoms with Gasteiger partial charge in [0.2, 0.25) is 5.89 Å². The molecule has 19 heavy (non-hydrogen) atoms. The predicted octanol–water partition coefficient (Wildman–Crippen LogP) is 4.48. The summed E-state index contributed by atoms with van der Waals surface area (Å²) < 4.78 is 5.68. The fourth-order valence-electron chi connectivity index (χ4n) is 1.79. The fraction of sp³-hybridized carbons (Fsp3) is 0.143. The predicted molar refractivity (Wildman–Crippen MR) is 77.6 cm³/mol. The third-order valence-electron chi connectivity index (χ3n) is 2.73. The van der Waals surface area contributed by atoms with Gasteiger partial charge in [0.15, 0.2) is 5.58 Å². The van der Waals surface area contributed by atoms with Crippen molar-refractivity contribution < 1.29 is 4.42 Å². The molecule has 0 aliphatic rings. The molecule has 2 aromatic heterocycles. The number of nitrogens with zero attached hydrogens (tertiary/aromatic N) is 2. The number of fused-ring (bicyclic) bond motifs is 1. The van der Waals surface area contributed by atoms with E-state index in [2.05, 4.69) is 9.97 Å². The first kappa shape index (κ1) is 12.5. The van der Waals surface area contributed by atoms with Gasteiger partial charge in [-0.2, -0.15) is 0 Å². The summed E-state index contributed by atoms with van der Waals surface area (Å²) in [6.07, 6.45) is 3.64. The number of pyridine rings is 1. The molecular weight excluding hydrogens is 280 g/mol. The summed E-state index contributed by atoms with van der Waals surface area (Å²) in [7, 11) is 0. The highest BCUT2D eigenvalue weighted by molar-refractivity contribution is 7.98. The average molecular weight is 291 g/mol. The van der Waals surface area contributed by atoms with Crippen LogP contribution in [0.25, 0.3) is 11.1 Å². The number of hydrogen-bond donors (Lipinski definition) is 0. The molecule has 0 saturated carbocycles. The summed E-state index contributed by atoms with van der Waals surface area (Å²) in [5, 5.41) is 0.598. The SMILES string of the molecule is Cc1cnccc1SCc1nc2cccc(Cl)c2o1.